The van der Waals surface area contributed by atoms with Gasteiger partial charge in [-0.15, -0.1) is 0 Å². The maximum absolute atomic E-state index is 5.94. The van der Waals surface area contributed by atoms with Crippen molar-refractivity contribution in [2.24, 2.45) is 0 Å². The Bertz CT molecular complexity index is 327. The molecule has 0 saturated carbocycles. The Labute approximate surface area is 89.2 Å². The number of ether oxygens (including phenoxy) is 1. The molecule has 1 aromatic carbocycles. The highest BCUT2D eigenvalue weighted by molar-refractivity contribution is 6.30. The molecule has 1 aliphatic rings. The zero-order valence-corrected chi connectivity index (χ0v) is 8.97. The van der Waals surface area contributed by atoms with E-state index in [1.54, 1.807) is 0 Å². The monoisotopic (exact) mass is 211 g/mol. The van der Waals surface area contributed by atoms with Gasteiger partial charge in [0.1, 0.15) is 12.4 Å². The summed E-state index contributed by atoms with van der Waals surface area (Å²) in [7, 11) is 0. The van der Waals surface area contributed by atoms with Crippen molar-refractivity contribution in [3.63, 3.8) is 0 Å². The molecule has 0 aliphatic carbocycles. The third-order valence-electron chi connectivity index (χ3n) is 2.39. The van der Waals surface area contributed by atoms with Gasteiger partial charge >= 0.3 is 0 Å². The van der Waals surface area contributed by atoms with Gasteiger partial charge in [0.15, 0.2) is 0 Å². The van der Waals surface area contributed by atoms with E-state index in [0.29, 0.717) is 6.04 Å². The molecule has 1 aliphatic heterocycles. The van der Waals surface area contributed by atoms with E-state index in [-0.39, 0.29) is 0 Å². The number of nitrogens with one attached hydrogen (secondary N) is 1. The molecule has 1 aromatic rings. The maximum Gasteiger partial charge on any atom is 0.124 e. The molecular formula is C11H14ClNO. The predicted molar refractivity (Wildman–Crippen MR) is 58.0 cm³/mol. The van der Waals surface area contributed by atoms with Gasteiger partial charge in [0.2, 0.25) is 0 Å². The summed E-state index contributed by atoms with van der Waals surface area (Å²) in [5, 5.41) is 4.21. The van der Waals surface area contributed by atoms with E-state index in [1.165, 1.54) is 5.56 Å². The first-order valence-electron chi connectivity index (χ1n) is 4.97. The first-order chi connectivity index (χ1) is 6.81. The quantitative estimate of drug-likeness (QED) is 0.830. The van der Waals surface area contributed by atoms with Crippen LogP contribution in [0.5, 0.6) is 5.75 Å². The molecule has 1 atom stereocenters. The molecule has 0 fully saturated rings. The molecule has 0 saturated heterocycles. The maximum atomic E-state index is 5.94. The standard InChI is InChI=1S/C11H14ClNO/c1-2-5-13-10-7-14-11-4-3-8(12)6-9(10)11/h3-4,6,10,13H,2,5,7H2,1H3. The second kappa shape index (κ2) is 4.20. The molecule has 1 heterocycles. The second-order valence-corrected chi connectivity index (χ2v) is 3.94. The molecule has 0 aromatic heterocycles. The molecule has 0 spiro atoms. The van der Waals surface area contributed by atoms with Gasteiger partial charge in [-0.1, -0.05) is 18.5 Å². The number of fused-ring (bicyclic) bond motifs is 1. The van der Waals surface area contributed by atoms with Gasteiger partial charge in [0, 0.05) is 10.6 Å². The zero-order valence-electron chi connectivity index (χ0n) is 8.22. The Hall–Kier alpha value is -0.730. The van der Waals surface area contributed by atoms with Gasteiger partial charge in [0.05, 0.1) is 6.04 Å². The minimum atomic E-state index is 0.309. The summed E-state index contributed by atoms with van der Waals surface area (Å²) >= 11 is 5.94. The Morgan fingerprint density at radius 1 is 1.57 bits per heavy atom. The largest absolute Gasteiger partial charge is 0.491 e. The fraction of sp³-hybridized carbons (Fsp3) is 0.455. The molecule has 0 radical (unpaired) electrons. The van der Waals surface area contributed by atoms with Crippen molar-refractivity contribution in [2.75, 3.05) is 13.2 Å². The van der Waals surface area contributed by atoms with Gasteiger partial charge in [-0.2, -0.15) is 0 Å². The number of hydrogen-bond acceptors (Lipinski definition) is 2. The Morgan fingerprint density at radius 2 is 2.43 bits per heavy atom. The summed E-state index contributed by atoms with van der Waals surface area (Å²) in [6.07, 6.45) is 1.13. The number of halogens is 1. The minimum Gasteiger partial charge on any atom is -0.491 e. The fourth-order valence-corrected chi connectivity index (χ4v) is 1.85. The lowest BCUT2D eigenvalue weighted by atomic mass is 10.1. The molecule has 0 amide bonds. The summed E-state index contributed by atoms with van der Waals surface area (Å²) in [6, 6.07) is 6.09. The average Bonchev–Trinajstić information content (AvgIpc) is 2.57. The average molecular weight is 212 g/mol. The van der Waals surface area contributed by atoms with E-state index in [4.69, 9.17) is 16.3 Å². The highest BCUT2D eigenvalue weighted by Crippen LogP contribution is 2.34. The summed E-state index contributed by atoms with van der Waals surface area (Å²) in [6.45, 7) is 3.89. The lowest BCUT2D eigenvalue weighted by Crippen LogP contribution is -2.22. The summed E-state index contributed by atoms with van der Waals surface area (Å²) < 4.78 is 5.54. The normalized spacial score (nSPS) is 19.1. The van der Waals surface area contributed by atoms with Crippen LogP contribution in [0.2, 0.25) is 5.02 Å². The molecule has 2 nitrogen and oxygen atoms in total. The van der Waals surface area contributed by atoms with Gasteiger partial charge < -0.3 is 10.1 Å². The van der Waals surface area contributed by atoms with Crippen LogP contribution in [0.3, 0.4) is 0 Å². The van der Waals surface area contributed by atoms with Gasteiger partial charge in [-0.25, -0.2) is 0 Å². The van der Waals surface area contributed by atoms with Crippen LogP contribution in [0.25, 0.3) is 0 Å². The second-order valence-electron chi connectivity index (χ2n) is 3.50. The Balaban J connectivity index is 2.16. The molecule has 3 heteroatoms. The van der Waals surface area contributed by atoms with Crippen molar-refractivity contribution in [3.8, 4) is 5.75 Å². The van der Waals surface area contributed by atoms with E-state index in [9.17, 15) is 0 Å². The van der Waals surface area contributed by atoms with Crippen molar-refractivity contribution in [2.45, 2.75) is 19.4 Å². The smallest absolute Gasteiger partial charge is 0.124 e. The highest BCUT2D eigenvalue weighted by atomic mass is 35.5. The molecular weight excluding hydrogens is 198 g/mol. The zero-order chi connectivity index (χ0) is 9.97. The molecule has 2 rings (SSSR count). The van der Waals surface area contributed by atoms with Gasteiger partial charge in [-0.3, -0.25) is 0 Å². The summed E-state index contributed by atoms with van der Waals surface area (Å²) in [5.74, 6) is 0.961. The first-order valence-corrected chi connectivity index (χ1v) is 5.34. The number of hydrogen-bond donors (Lipinski definition) is 1. The Morgan fingerprint density at radius 3 is 3.21 bits per heavy atom. The molecule has 1 unspecified atom stereocenters. The molecule has 0 bridgehead atoms. The number of rotatable bonds is 3. The van der Waals surface area contributed by atoms with Crippen molar-refractivity contribution in [1.82, 2.24) is 5.32 Å². The van der Waals surface area contributed by atoms with E-state index < -0.39 is 0 Å². The lowest BCUT2D eigenvalue weighted by molar-refractivity contribution is 0.311. The topological polar surface area (TPSA) is 21.3 Å². The SMILES string of the molecule is CCCNC1COc2ccc(Cl)cc21. The third kappa shape index (κ3) is 1.86. The van der Waals surface area contributed by atoms with E-state index in [0.717, 1.165) is 30.3 Å². The van der Waals surface area contributed by atoms with Crippen molar-refractivity contribution in [1.29, 1.82) is 0 Å². The fourth-order valence-electron chi connectivity index (χ4n) is 1.67. The van der Waals surface area contributed by atoms with Crippen LogP contribution in [-0.4, -0.2) is 13.2 Å². The summed E-state index contributed by atoms with van der Waals surface area (Å²) in [5.41, 5.74) is 1.19. The molecule has 76 valence electrons. The predicted octanol–water partition coefficient (Wildman–Crippen LogP) is 2.77. The minimum absolute atomic E-state index is 0.309. The first kappa shape index (κ1) is 9.81. The number of benzene rings is 1. The van der Waals surface area contributed by atoms with Crippen LogP contribution in [0.4, 0.5) is 0 Å². The van der Waals surface area contributed by atoms with Gasteiger partial charge in [0.25, 0.3) is 0 Å². The van der Waals surface area contributed by atoms with Crippen molar-refractivity contribution >= 4 is 11.6 Å². The van der Waals surface area contributed by atoms with Crippen LogP contribution < -0.4 is 10.1 Å². The van der Waals surface area contributed by atoms with Crippen molar-refractivity contribution < 1.29 is 4.74 Å². The molecule has 1 N–H and O–H groups in total. The highest BCUT2D eigenvalue weighted by Gasteiger charge is 2.23. The lowest BCUT2D eigenvalue weighted by Gasteiger charge is -2.10. The summed E-state index contributed by atoms with van der Waals surface area (Å²) in [4.78, 5) is 0. The van der Waals surface area contributed by atoms with E-state index in [1.807, 2.05) is 18.2 Å². The van der Waals surface area contributed by atoms with Gasteiger partial charge in [-0.05, 0) is 31.2 Å². The Kier molecular flexibility index (Phi) is 2.94. The van der Waals surface area contributed by atoms with E-state index in [2.05, 4.69) is 12.2 Å². The third-order valence-corrected chi connectivity index (χ3v) is 2.63. The van der Waals surface area contributed by atoms with Crippen LogP contribution in [0, 0.1) is 0 Å². The van der Waals surface area contributed by atoms with Crippen LogP contribution >= 0.6 is 11.6 Å². The van der Waals surface area contributed by atoms with Crippen LogP contribution in [-0.2, 0) is 0 Å². The molecule has 14 heavy (non-hydrogen) atoms. The van der Waals surface area contributed by atoms with E-state index >= 15 is 0 Å². The van der Waals surface area contributed by atoms with Crippen LogP contribution in [0.1, 0.15) is 24.9 Å². The van der Waals surface area contributed by atoms with Crippen molar-refractivity contribution in [3.05, 3.63) is 28.8 Å². The van der Waals surface area contributed by atoms with Crippen LogP contribution in [0.15, 0.2) is 18.2 Å².